The van der Waals surface area contributed by atoms with Gasteiger partial charge in [-0.05, 0) is 55.2 Å². The molecule has 1 saturated heterocycles. The Balaban J connectivity index is 0.000000614. The molecule has 2 aromatic carbocycles. The maximum absolute atomic E-state index is 13.5. The van der Waals surface area contributed by atoms with Gasteiger partial charge in [-0.25, -0.2) is 4.39 Å². The van der Waals surface area contributed by atoms with Crippen LogP contribution in [0.1, 0.15) is 37.0 Å². The first-order chi connectivity index (χ1) is 14.3. The lowest BCUT2D eigenvalue weighted by molar-refractivity contribution is -0.0502. The molecule has 1 fully saturated rings. The highest BCUT2D eigenvalue weighted by atomic mass is 35.5. The summed E-state index contributed by atoms with van der Waals surface area (Å²) >= 11 is 5.91. The van der Waals surface area contributed by atoms with Gasteiger partial charge in [0.2, 0.25) is 0 Å². The molecule has 1 aliphatic rings. The Kier molecular flexibility index (Phi) is 8.43. The fourth-order valence-corrected chi connectivity index (χ4v) is 3.66. The summed E-state index contributed by atoms with van der Waals surface area (Å²) in [6.07, 6.45) is 0.907. The molecule has 7 nitrogen and oxygen atoms in total. The van der Waals surface area contributed by atoms with Crippen molar-refractivity contribution in [1.29, 1.82) is 0 Å². The normalized spacial score (nSPS) is 18.5. The number of aliphatic hydroxyl groups is 2. The third kappa shape index (κ3) is 7.41. The zero-order valence-corrected chi connectivity index (χ0v) is 18.8. The van der Waals surface area contributed by atoms with Crippen molar-refractivity contribution in [2.24, 2.45) is 0 Å². The van der Waals surface area contributed by atoms with Gasteiger partial charge >= 0.3 is 0 Å². The molecular formula is C21H27ClFNO6S. The minimum absolute atomic E-state index is 0.242. The Morgan fingerprint density at radius 3 is 2.13 bits per heavy atom. The molecular weight excluding hydrogens is 449 g/mol. The number of rotatable bonds is 4. The molecule has 172 valence electrons. The van der Waals surface area contributed by atoms with Gasteiger partial charge < -0.3 is 15.3 Å². The van der Waals surface area contributed by atoms with Crippen LogP contribution < -0.4 is 0 Å². The van der Waals surface area contributed by atoms with Crippen LogP contribution in [0.15, 0.2) is 42.5 Å². The number of hydrogen-bond donors (Lipinski definition) is 4. The van der Waals surface area contributed by atoms with Crippen molar-refractivity contribution in [2.75, 3.05) is 19.3 Å². The Hall–Kier alpha value is -1.75. The Morgan fingerprint density at radius 1 is 1.13 bits per heavy atom. The van der Waals surface area contributed by atoms with E-state index in [1.54, 1.807) is 12.1 Å². The highest BCUT2D eigenvalue weighted by molar-refractivity contribution is 7.85. The second kappa shape index (κ2) is 10.2. The SMILES string of the molecule is CC(C(O)c1ccc(O)c(F)c1)N1CCC(O)(c2ccc(Cl)cc2)CC1.CS(=O)(=O)O. The molecule has 4 N–H and O–H groups in total. The molecule has 0 radical (unpaired) electrons. The van der Waals surface area contributed by atoms with Crippen LogP contribution in [0, 0.1) is 5.82 Å². The average molecular weight is 476 g/mol. The number of hydrogen-bond acceptors (Lipinski definition) is 6. The monoisotopic (exact) mass is 475 g/mol. The minimum atomic E-state index is -3.67. The number of halogens is 2. The van der Waals surface area contributed by atoms with E-state index in [-0.39, 0.29) is 6.04 Å². The highest BCUT2D eigenvalue weighted by Crippen LogP contribution is 2.35. The van der Waals surface area contributed by atoms with Gasteiger partial charge in [0.1, 0.15) is 0 Å². The predicted molar refractivity (Wildman–Crippen MR) is 116 cm³/mol. The van der Waals surface area contributed by atoms with Crippen LogP contribution in [0.5, 0.6) is 5.75 Å². The standard InChI is InChI=1S/C20H23ClFNO3.CH4O3S/c1-13(19(25)14-2-7-18(24)17(22)12-14)23-10-8-20(26,9-11-23)15-3-5-16(21)6-4-15;1-5(2,3)4/h2-7,12-13,19,24-26H,8-11H2,1H3;1H3,(H,2,3,4). The van der Waals surface area contributed by atoms with Gasteiger partial charge in [-0.1, -0.05) is 29.8 Å². The third-order valence-corrected chi connectivity index (χ3v) is 5.60. The van der Waals surface area contributed by atoms with Crippen LogP contribution in [-0.2, 0) is 15.7 Å². The van der Waals surface area contributed by atoms with E-state index >= 15 is 0 Å². The maximum atomic E-state index is 13.5. The molecule has 3 rings (SSSR count). The van der Waals surface area contributed by atoms with Gasteiger partial charge in [0, 0.05) is 24.2 Å². The van der Waals surface area contributed by atoms with E-state index in [0.717, 1.165) is 11.6 Å². The summed E-state index contributed by atoms with van der Waals surface area (Å²) in [7, 11) is -3.67. The quantitative estimate of drug-likeness (QED) is 0.502. The number of likely N-dealkylation sites (tertiary alicyclic amines) is 1. The van der Waals surface area contributed by atoms with Crippen LogP contribution >= 0.6 is 11.6 Å². The van der Waals surface area contributed by atoms with Crippen LogP contribution in [0.4, 0.5) is 4.39 Å². The van der Waals surface area contributed by atoms with Crippen molar-refractivity contribution in [2.45, 2.75) is 37.5 Å². The van der Waals surface area contributed by atoms with Crippen molar-refractivity contribution in [3.63, 3.8) is 0 Å². The zero-order valence-electron chi connectivity index (χ0n) is 17.2. The lowest BCUT2D eigenvalue weighted by atomic mass is 9.83. The van der Waals surface area contributed by atoms with Crippen molar-refractivity contribution in [1.82, 2.24) is 4.90 Å². The molecule has 0 saturated carbocycles. The zero-order chi connectivity index (χ0) is 23.4. The van der Waals surface area contributed by atoms with Crippen molar-refractivity contribution in [3.8, 4) is 5.75 Å². The number of aliphatic hydroxyl groups excluding tert-OH is 1. The average Bonchev–Trinajstić information content (AvgIpc) is 2.69. The molecule has 31 heavy (non-hydrogen) atoms. The van der Waals surface area contributed by atoms with Crippen LogP contribution in [-0.4, -0.2) is 58.6 Å². The first kappa shape index (κ1) is 25.5. The molecule has 1 heterocycles. The Morgan fingerprint density at radius 2 is 1.65 bits per heavy atom. The van der Waals surface area contributed by atoms with E-state index in [1.807, 2.05) is 19.1 Å². The van der Waals surface area contributed by atoms with E-state index < -0.39 is 33.4 Å². The van der Waals surface area contributed by atoms with E-state index in [4.69, 9.17) is 16.2 Å². The number of nitrogens with zero attached hydrogens (tertiary/aromatic N) is 1. The minimum Gasteiger partial charge on any atom is -0.505 e. The first-order valence-corrected chi connectivity index (χ1v) is 11.8. The highest BCUT2D eigenvalue weighted by Gasteiger charge is 2.36. The van der Waals surface area contributed by atoms with Crippen molar-refractivity contribution < 1.29 is 32.7 Å². The number of benzene rings is 2. The summed E-state index contributed by atoms with van der Waals surface area (Å²) < 4.78 is 39.4. The second-order valence-corrected chi connectivity index (χ2v) is 9.61. The first-order valence-electron chi connectivity index (χ1n) is 9.61. The van der Waals surface area contributed by atoms with Crippen LogP contribution in [0.2, 0.25) is 5.02 Å². The summed E-state index contributed by atoms with van der Waals surface area (Å²) in [4.78, 5) is 2.08. The maximum Gasteiger partial charge on any atom is 0.261 e. The molecule has 0 aromatic heterocycles. The third-order valence-electron chi connectivity index (χ3n) is 5.35. The Labute approximate surface area is 186 Å². The van der Waals surface area contributed by atoms with Crippen molar-refractivity contribution >= 4 is 21.7 Å². The van der Waals surface area contributed by atoms with E-state index in [1.165, 1.54) is 12.1 Å². The molecule has 0 amide bonds. The molecule has 2 atom stereocenters. The molecule has 10 heteroatoms. The van der Waals surface area contributed by atoms with Gasteiger partial charge in [0.25, 0.3) is 10.1 Å². The van der Waals surface area contributed by atoms with Gasteiger partial charge in [0.05, 0.1) is 18.0 Å². The largest absolute Gasteiger partial charge is 0.505 e. The van der Waals surface area contributed by atoms with Crippen LogP contribution in [0.3, 0.4) is 0 Å². The Bertz CT molecular complexity index is 970. The fraction of sp³-hybridized carbons (Fsp3) is 0.429. The lowest BCUT2D eigenvalue weighted by Gasteiger charge is -2.42. The fourth-order valence-electron chi connectivity index (χ4n) is 3.54. The molecule has 2 aromatic rings. The predicted octanol–water partition coefficient (Wildman–Crippen LogP) is 3.09. The summed E-state index contributed by atoms with van der Waals surface area (Å²) in [5.74, 6) is -1.18. The summed E-state index contributed by atoms with van der Waals surface area (Å²) in [6, 6.07) is 10.9. The van der Waals surface area contributed by atoms with Crippen molar-refractivity contribution in [3.05, 3.63) is 64.4 Å². The summed E-state index contributed by atoms with van der Waals surface area (Å²) in [6.45, 7) is 3.10. The van der Waals surface area contributed by atoms with E-state index in [2.05, 4.69) is 4.90 Å². The number of piperidine rings is 1. The van der Waals surface area contributed by atoms with Gasteiger partial charge in [-0.2, -0.15) is 8.42 Å². The molecule has 2 unspecified atom stereocenters. The number of aromatic hydroxyl groups is 1. The molecule has 1 aliphatic heterocycles. The van der Waals surface area contributed by atoms with Crippen LogP contribution in [0.25, 0.3) is 0 Å². The molecule has 0 aliphatic carbocycles. The topological polar surface area (TPSA) is 118 Å². The van der Waals surface area contributed by atoms with Gasteiger partial charge in [-0.3, -0.25) is 9.45 Å². The van der Waals surface area contributed by atoms with E-state index in [0.29, 0.717) is 42.8 Å². The molecule has 0 spiro atoms. The van der Waals surface area contributed by atoms with Gasteiger partial charge in [-0.15, -0.1) is 0 Å². The summed E-state index contributed by atoms with van der Waals surface area (Å²) in [5.41, 5.74) is 0.359. The number of phenolic OH excluding ortho intramolecular Hbond substituents is 1. The number of phenols is 1. The lowest BCUT2D eigenvalue weighted by Crippen LogP contribution is -2.47. The molecule has 0 bridgehead atoms. The van der Waals surface area contributed by atoms with Gasteiger partial charge in [0.15, 0.2) is 11.6 Å². The summed E-state index contributed by atoms with van der Waals surface area (Å²) in [5, 5.41) is 31.4. The second-order valence-electron chi connectivity index (χ2n) is 7.70. The van der Waals surface area contributed by atoms with E-state index in [9.17, 15) is 28.1 Å². The smallest absolute Gasteiger partial charge is 0.261 e.